The minimum absolute atomic E-state index is 0.594. The average Bonchev–Trinajstić information content (AvgIpc) is 2.60. The van der Waals surface area contributed by atoms with Crippen LogP contribution in [0.2, 0.25) is 5.02 Å². The second kappa shape index (κ2) is 3.90. The molecule has 2 heterocycles. The van der Waals surface area contributed by atoms with Crippen molar-refractivity contribution in [3.63, 3.8) is 0 Å². The summed E-state index contributed by atoms with van der Waals surface area (Å²) >= 11 is 6.06. The van der Waals surface area contributed by atoms with Gasteiger partial charge in [-0.1, -0.05) is 11.6 Å². The summed E-state index contributed by atoms with van der Waals surface area (Å²) in [6, 6.07) is 1.75. The van der Waals surface area contributed by atoms with Gasteiger partial charge in [-0.2, -0.15) is 5.10 Å². The molecule has 0 saturated carbocycles. The first-order valence-electron chi connectivity index (χ1n) is 4.65. The molecule has 2 aromatic heterocycles. The Morgan fingerprint density at radius 3 is 2.93 bits per heavy atom. The highest BCUT2D eigenvalue weighted by Crippen LogP contribution is 2.30. The number of aryl methyl sites for hydroxylation is 1. The summed E-state index contributed by atoms with van der Waals surface area (Å²) < 4.78 is 1.80. The highest BCUT2D eigenvalue weighted by molar-refractivity contribution is 6.33. The molecule has 0 spiro atoms. The molecule has 0 aliphatic rings. The van der Waals surface area contributed by atoms with Crippen molar-refractivity contribution in [2.75, 3.05) is 5.73 Å². The molecule has 0 atom stereocenters. The van der Waals surface area contributed by atoms with E-state index in [1.165, 1.54) is 0 Å². The quantitative estimate of drug-likeness (QED) is 0.848. The number of halogens is 1. The Bertz CT molecular complexity index is 478. The van der Waals surface area contributed by atoms with Crippen molar-refractivity contribution in [3.8, 4) is 11.3 Å². The Hall–Kier alpha value is -1.55. The average molecular weight is 223 g/mol. The van der Waals surface area contributed by atoms with Crippen molar-refractivity contribution >= 4 is 17.3 Å². The normalized spacial score (nSPS) is 10.5. The van der Waals surface area contributed by atoms with E-state index in [1.54, 1.807) is 29.3 Å². The monoisotopic (exact) mass is 222 g/mol. The van der Waals surface area contributed by atoms with Gasteiger partial charge in [-0.15, -0.1) is 0 Å². The van der Waals surface area contributed by atoms with Gasteiger partial charge in [0.2, 0.25) is 0 Å². The SMILES string of the molecule is CCn1ncc(Cl)c1-c1cnccc1N. The van der Waals surface area contributed by atoms with E-state index in [0.717, 1.165) is 17.8 Å². The van der Waals surface area contributed by atoms with E-state index in [2.05, 4.69) is 10.1 Å². The molecule has 2 N–H and O–H groups in total. The first kappa shape index (κ1) is 9.98. The van der Waals surface area contributed by atoms with Gasteiger partial charge in [0.1, 0.15) is 0 Å². The van der Waals surface area contributed by atoms with Gasteiger partial charge in [0, 0.05) is 30.2 Å². The fourth-order valence-corrected chi connectivity index (χ4v) is 1.72. The van der Waals surface area contributed by atoms with Crippen LogP contribution in [0.15, 0.2) is 24.7 Å². The molecule has 2 aromatic rings. The maximum atomic E-state index is 6.06. The number of hydrogen-bond donors (Lipinski definition) is 1. The molecule has 0 aliphatic carbocycles. The van der Waals surface area contributed by atoms with Crippen molar-refractivity contribution in [1.29, 1.82) is 0 Å². The van der Waals surface area contributed by atoms with E-state index in [4.69, 9.17) is 17.3 Å². The lowest BCUT2D eigenvalue weighted by molar-refractivity contribution is 0.667. The van der Waals surface area contributed by atoms with E-state index in [1.807, 2.05) is 6.92 Å². The smallest absolute Gasteiger partial charge is 0.0904 e. The molecule has 2 rings (SSSR count). The zero-order valence-corrected chi connectivity index (χ0v) is 9.07. The predicted octanol–water partition coefficient (Wildman–Crippen LogP) is 2.20. The highest BCUT2D eigenvalue weighted by Gasteiger charge is 2.12. The van der Waals surface area contributed by atoms with Gasteiger partial charge in [-0.05, 0) is 13.0 Å². The number of pyridine rings is 1. The van der Waals surface area contributed by atoms with Crippen molar-refractivity contribution in [2.45, 2.75) is 13.5 Å². The van der Waals surface area contributed by atoms with E-state index in [0.29, 0.717) is 10.7 Å². The molecule has 15 heavy (non-hydrogen) atoms. The number of anilines is 1. The predicted molar refractivity (Wildman–Crippen MR) is 60.6 cm³/mol. The zero-order valence-electron chi connectivity index (χ0n) is 8.31. The highest BCUT2D eigenvalue weighted by atomic mass is 35.5. The van der Waals surface area contributed by atoms with Crippen LogP contribution in [0.3, 0.4) is 0 Å². The molecule has 0 amide bonds. The third kappa shape index (κ3) is 1.68. The van der Waals surface area contributed by atoms with Gasteiger partial charge < -0.3 is 5.73 Å². The number of nitrogens with zero attached hydrogens (tertiary/aromatic N) is 3. The van der Waals surface area contributed by atoms with Gasteiger partial charge in [-0.25, -0.2) is 0 Å². The number of aromatic nitrogens is 3. The molecule has 0 aliphatic heterocycles. The number of rotatable bonds is 2. The third-order valence-electron chi connectivity index (χ3n) is 2.20. The summed E-state index contributed by atoms with van der Waals surface area (Å²) in [5.74, 6) is 0. The molecular weight excluding hydrogens is 212 g/mol. The molecule has 0 aromatic carbocycles. The molecule has 0 bridgehead atoms. The van der Waals surface area contributed by atoms with Crippen LogP contribution in [-0.4, -0.2) is 14.8 Å². The van der Waals surface area contributed by atoms with Crippen LogP contribution in [0.1, 0.15) is 6.92 Å². The van der Waals surface area contributed by atoms with Crippen LogP contribution in [0.4, 0.5) is 5.69 Å². The number of nitrogens with two attached hydrogens (primary N) is 1. The standard InChI is InChI=1S/C10H11ClN4/c1-2-15-10(8(11)6-14-15)7-5-13-4-3-9(7)12/h3-6H,2H2,1H3,(H2,12,13). The molecular formula is C10H11ClN4. The molecule has 0 radical (unpaired) electrons. The van der Waals surface area contributed by atoms with Crippen molar-refractivity contribution in [3.05, 3.63) is 29.7 Å². The summed E-state index contributed by atoms with van der Waals surface area (Å²) in [6.45, 7) is 2.75. The topological polar surface area (TPSA) is 56.7 Å². The minimum atomic E-state index is 0.594. The molecule has 78 valence electrons. The zero-order chi connectivity index (χ0) is 10.8. The van der Waals surface area contributed by atoms with Crippen LogP contribution in [0, 0.1) is 0 Å². The van der Waals surface area contributed by atoms with Crippen molar-refractivity contribution in [1.82, 2.24) is 14.8 Å². The van der Waals surface area contributed by atoms with Gasteiger partial charge >= 0.3 is 0 Å². The maximum Gasteiger partial charge on any atom is 0.0904 e. The largest absolute Gasteiger partial charge is 0.398 e. The fourth-order valence-electron chi connectivity index (χ4n) is 1.47. The first-order valence-corrected chi connectivity index (χ1v) is 5.03. The number of hydrogen-bond acceptors (Lipinski definition) is 3. The van der Waals surface area contributed by atoms with Crippen LogP contribution in [0.25, 0.3) is 11.3 Å². The van der Waals surface area contributed by atoms with Gasteiger partial charge in [0.25, 0.3) is 0 Å². The van der Waals surface area contributed by atoms with E-state index in [-0.39, 0.29) is 0 Å². The number of nitrogen functional groups attached to an aromatic ring is 1. The first-order chi connectivity index (χ1) is 7.24. The molecule has 4 nitrogen and oxygen atoms in total. The molecule has 0 saturated heterocycles. The van der Waals surface area contributed by atoms with Gasteiger partial charge in [-0.3, -0.25) is 9.67 Å². The van der Waals surface area contributed by atoms with Crippen molar-refractivity contribution in [2.24, 2.45) is 0 Å². The fraction of sp³-hybridized carbons (Fsp3) is 0.200. The Morgan fingerprint density at radius 1 is 1.47 bits per heavy atom. The Morgan fingerprint density at radius 2 is 2.27 bits per heavy atom. The minimum Gasteiger partial charge on any atom is -0.398 e. The van der Waals surface area contributed by atoms with Crippen LogP contribution in [0.5, 0.6) is 0 Å². The summed E-state index contributed by atoms with van der Waals surface area (Å²) in [6.07, 6.45) is 4.97. The summed E-state index contributed by atoms with van der Waals surface area (Å²) in [4.78, 5) is 4.04. The van der Waals surface area contributed by atoms with Crippen molar-refractivity contribution < 1.29 is 0 Å². The van der Waals surface area contributed by atoms with Gasteiger partial charge in [0.15, 0.2) is 0 Å². The second-order valence-corrected chi connectivity index (χ2v) is 3.53. The Labute approximate surface area is 92.7 Å². The summed E-state index contributed by atoms with van der Waals surface area (Å²) in [7, 11) is 0. The third-order valence-corrected chi connectivity index (χ3v) is 2.48. The second-order valence-electron chi connectivity index (χ2n) is 3.12. The van der Waals surface area contributed by atoms with E-state index >= 15 is 0 Å². The molecule has 0 fully saturated rings. The molecule has 5 heteroatoms. The molecule has 0 unspecified atom stereocenters. The van der Waals surface area contributed by atoms with Gasteiger partial charge in [0.05, 0.1) is 16.9 Å². The van der Waals surface area contributed by atoms with Crippen LogP contribution < -0.4 is 5.73 Å². The summed E-state index contributed by atoms with van der Waals surface area (Å²) in [5.41, 5.74) is 8.16. The van der Waals surface area contributed by atoms with Crippen LogP contribution in [-0.2, 0) is 6.54 Å². The van der Waals surface area contributed by atoms with Crippen LogP contribution >= 0.6 is 11.6 Å². The lowest BCUT2D eigenvalue weighted by Crippen LogP contribution is -2.01. The Balaban J connectivity index is 2.63. The summed E-state index contributed by atoms with van der Waals surface area (Å²) in [5, 5.41) is 4.75. The lowest BCUT2D eigenvalue weighted by Gasteiger charge is -2.07. The van der Waals surface area contributed by atoms with E-state index in [9.17, 15) is 0 Å². The van der Waals surface area contributed by atoms with E-state index < -0.39 is 0 Å². The Kier molecular flexibility index (Phi) is 2.60. The maximum absolute atomic E-state index is 6.06. The lowest BCUT2D eigenvalue weighted by atomic mass is 10.2.